The van der Waals surface area contributed by atoms with Gasteiger partial charge in [0.15, 0.2) is 5.78 Å². The van der Waals surface area contributed by atoms with E-state index in [1.54, 1.807) is 30.3 Å². The van der Waals surface area contributed by atoms with E-state index in [0.29, 0.717) is 21.2 Å². The zero-order valence-corrected chi connectivity index (χ0v) is 16.0. The number of rotatable bonds is 6. The van der Waals surface area contributed by atoms with Crippen LogP contribution in [0.5, 0.6) is 0 Å². The van der Waals surface area contributed by atoms with Crippen molar-refractivity contribution < 1.29 is 4.79 Å². The molecular weight excluding hydrogens is 377 g/mol. The molecule has 3 aromatic carbocycles. The van der Waals surface area contributed by atoms with Crippen LogP contribution in [0.1, 0.15) is 39.7 Å². The van der Waals surface area contributed by atoms with Gasteiger partial charge in [0.2, 0.25) is 0 Å². The van der Waals surface area contributed by atoms with Gasteiger partial charge in [-0.3, -0.25) is 4.79 Å². The highest BCUT2D eigenvalue weighted by molar-refractivity contribution is 6.35. The minimum absolute atomic E-state index is 0.00482. The molecule has 0 aromatic heterocycles. The van der Waals surface area contributed by atoms with E-state index in [1.807, 2.05) is 48.5 Å². The average molecular weight is 394 g/mol. The Morgan fingerprint density at radius 2 is 1.56 bits per heavy atom. The van der Waals surface area contributed by atoms with E-state index >= 15 is 0 Å². The van der Waals surface area contributed by atoms with Crippen LogP contribution < -0.4 is 0 Å². The first-order chi connectivity index (χ1) is 13.1. The van der Waals surface area contributed by atoms with Crippen LogP contribution in [0.15, 0.2) is 78.9 Å². The van der Waals surface area contributed by atoms with E-state index < -0.39 is 5.92 Å². The molecule has 0 fully saturated rings. The third-order valence-corrected chi connectivity index (χ3v) is 5.13. The Bertz CT molecular complexity index is 965. The predicted octanol–water partition coefficient (Wildman–Crippen LogP) is 6.66. The first kappa shape index (κ1) is 19.2. The SMILES string of the molecule is N#C[C@@H](c1ccc(Cl)cc1Cl)[C@H](CC(=O)c1ccccc1)c1ccccc1. The Balaban J connectivity index is 2.01. The molecule has 2 nitrogen and oxygen atoms in total. The number of carbonyl (C=O) groups is 1. The van der Waals surface area contributed by atoms with Crippen molar-refractivity contribution in [1.29, 1.82) is 5.26 Å². The molecule has 0 amide bonds. The van der Waals surface area contributed by atoms with Gasteiger partial charge in [0.25, 0.3) is 0 Å². The number of nitrogens with zero attached hydrogens (tertiary/aromatic N) is 1. The number of nitriles is 1. The van der Waals surface area contributed by atoms with Gasteiger partial charge >= 0.3 is 0 Å². The van der Waals surface area contributed by atoms with Crippen molar-refractivity contribution in [2.24, 2.45) is 0 Å². The van der Waals surface area contributed by atoms with E-state index in [9.17, 15) is 10.1 Å². The first-order valence-electron chi connectivity index (χ1n) is 8.58. The van der Waals surface area contributed by atoms with E-state index in [-0.39, 0.29) is 18.1 Å². The van der Waals surface area contributed by atoms with Crippen molar-refractivity contribution in [2.75, 3.05) is 0 Å². The van der Waals surface area contributed by atoms with Gasteiger partial charge in [0.1, 0.15) is 0 Å². The molecule has 4 heteroatoms. The smallest absolute Gasteiger partial charge is 0.163 e. The molecule has 0 bridgehead atoms. The molecule has 27 heavy (non-hydrogen) atoms. The number of ketones is 1. The van der Waals surface area contributed by atoms with Gasteiger partial charge in [-0.1, -0.05) is 89.9 Å². The fourth-order valence-electron chi connectivity index (χ4n) is 3.20. The largest absolute Gasteiger partial charge is 0.294 e. The minimum Gasteiger partial charge on any atom is -0.294 e. The molecule has 0 saturated carbocycles. The lowest BCUT2D eigenvalue weighted by Gasteiger charge is -2.23. The van der Waals surface area contributed by atoms with Crippen LogP contribution in [0.4, 0.5) is 0 Å². The number of hydrogen-bond donors (Lipinski definition) is 0. The van der Waals surface area contributed by atoms with Crippen molar-refractivity contribution in [3.05, 3.63) is 106 Å². The molecule has 0 aliphatic carbocycles. The normalized spacial score (nSPS) is 12.8. The van der Waals surface area contributed by atoms with Gasteiger partial charge in [-0.15, -0.1) is 0 Å². The standard InChI is InChI=1S/C23H17Cl2NO/c24-18-11-12-19(22(25)13-18)21(15-26)20(16-7-3-1-4-8-16)14-23(27)17-9-5-2-6-10-17/h1-13,20-21H,14H2/t20-,21+/m1/s1. The van der Waals surface area contributed by atoms with Crippen LogP contribution in [0.25, 0.3) is 0 Å². The molecule has 0 aliphatic rings. The van der Waals surface area contributed by atoms with Crippen LogP contribution in [-0.2, 0) is 0 Å². The van der Waals surface area contributed by atoms with Gasteiger partial charge in [-0.25, -0.2) is 0 Å². The topological polar surface area (TPSA) is 40.9 Å². The van der Waals surface area contributed by atoms with E-state index in [2.05, 4.69) is 6.07 Å². The second kappa shape index (κ2) is 8.86. The molecule has 3 aromatic rings. The number of carbonyl (C=O) groups excluding carboxylic acids is 1. The summed E-state index contributed by atoms with van der Waals surface area (Å²) in [5.74, 6) is -0.887. The van der Waals surface area contributed by atoms with Crippen LogP contribution in [0.2, 0.25) is 10.0 Å². The van der Waals surface area contributed by atoms with Crippen molar-refractivity contribution in [3.63, 3.8) is 0 Å². The summed E-state index contributed by atoms with van der Waals surface area (Å²) < 4.78 is 0. The first-order valence-corrected chi connectivity index (χ1v) is 9.33. The number of benzene rings is 3. The van der Waals surface area contributed by atoms with Gasteiger partial charge in [0.05, 0.1) is 12.0 Å². The zero-order chi connectivity index (χ0) is 19.2. The van der Waals surface area contributed by atoms with Crippen molar-refractivity contribution >= 4 is 29.0 Å². The van der Waals surface area contributed by atoms with Crippen LogP contribution in [-0.4, -0.2) is 5.78 Å². The van der Waals surface area contributed by atoms with Crippen LogP contribution >= 0.6 is 23.2 Å². The summed E-state index contributed by atoms with van der Waals surface area (Å²) in [5, 5.41) is 10.9. The lowest BCUT2D eigenvalue weighted by molar-refractivity contribution is 0.0971. The summed E-state index contributed by atoms with van der Waals surface area (Å²) in [6.45, 7) is 0. The summed E-state index contributed by atoms with van der Waals surface area (Å²) in [7, 11) is 0. The molecule has 0 unspecified atom stereocenters. The van der Waals surface area contributed by atoms with E-state index in [1.165, 1.54) is 0 Å². The zero-order valence-electron chi connectivity index (χ0n) is 14.5. The molecule has 3 rings (SSSR count). The minimum atomic E-state index is -0.565. The van der Waals surface area contributed by atoms with Gasteiger partial charge in [-0.05, 0) is 23.3 Å². The van der Waals surface area contributed by atoms with E-state index in [0.717, 1.165) is 5.56 Å². The van der Waals surface area contributed by atoms with Crippen molar-refractivity contribution in [2.45, 2.75) is 18.3 Å². The Hall–Kier alpha value is -2.60. The molecule has 0 saturated heterocycles. The number of Topliss-reactive ketones (excluding diaryl/α,β-unsaturated/α-hetero) is 1. The lowest BCUT2D eigenvalue weighted by atomic mass is 9.78. The average Bonchev–Trinajstić information content (AvgIpc) is 2.70. The maximum Gasteiger partial charge on any atom is 0.163 e. The number of hydrogen-bond acceptors (Lipinski definition) is 2. The summed E-state index contributed by atoms with van der Waals surface area (Å²) >= 11 is 12.4. The third-order valence-electron chi connectivity index (χ3n) is 4.57. The maximum absolute atomic E-state index is 12.9. The second-order valence-electron chi connectivity index (χ2n) is 6.28. The fraction of sp³-hybridized carbons (Fsp3) is 0.130. The Kier molecular flexibility index (Phi) is 6.29. The van der Waals surface area contributed by atoms with Gasteiger partial charge < -0.3 is 0 Å². The van der Waals surface area contributed by atoms with Crippen molar-refractivity contribution in [3.8, 4) is 6.07 Å². The monoisotopic (exact) mass is 393 g/mol. The molecule has 134 valence electrons. The van der Waals surface area contributed by atoms with Gasteiger partial charge in [-0.2, -0.15) is 5.26 Å². The second-order valence-corrected chi connectivity index (χ2v) is 7.13. The summed E-state index contributed by atoms with van der Waals surface area (Å²) in [6, 6.07) is 26.2. The molecular formula is C23H17Cl2NO. The highest BCUT2D eigenvalue weighted by Crippen LogP contribution is 2.39. The summed E-state index contributed by atoms with van der Waals surface area (Å²) in [5.41, 5.74) is 2.25. The number of halogens is 2. The van der Waals surface area contributed by atoms with Crippen LogP contribution in [0, 0.1) is 11.3 Å². The molecule has 0 aliphatic heterocycles. The highest BCUT2D eigenvalue weighted by atomic mass is 35.5. The summed E-state index contributed by atoms with van der Waals surface area (Å²) in [4.78, 5) is 12.9. The van der Waals surface area contributed by atoms with Crippen molar-refractivity contribution in [1.82, 2.24) is 0 Å². The molecule has 2 atom stereocenters. The lowest BCUT2D eigenvalue weighted by Crippen LogP contribution is -2.15. The quantitative estimate of drug-likeness (QED) is 0.439. The van der Waals surface area contributed by atoms with E-state index in [4.69, 9.17) is 23.2 Å². The maximum atomic E-state index is 12.9. The molecule has 0 radical (unpaired) electrons. The third kappa shape index (κ3) is 4.57. The molecule has 0 spiro atoms. The summed E-state index contributed by atoms with van der Waals surface area (Å²) in [6.07, 6.45) is 0.214. The Labute approximate surface area is 169 Å². The Morgan fingerprint density at radius 1 is 0.926 bits per heavy atom. The van der Waals surface area contributed by atoms with Crippen LogP contribution in [0.3, 0.4) is 0 Å². The predicted molar refractivity (Wildman–Crippen MR) is 109 cm³/mol. The molecule has 0 heterocycles. The highest BCUT2D eigenvalue weighted by Gasteiger charge is 2.29. The Morgan fingerprint density at radius 3 is 2.15 bits per heavy atom. The fourth-order valence-corrected chi connectivity index (χ4v) is 3.73. The molecule has 0 N–H and O–H groups in total. The van der Waals surface area contributed by atoms with Gasteiger partial charge in [0, 0.05) is 27.9 Å².